The van der Waals surface area contributed by atoms with Crippen LogP contribution in [-0.2, 0) is 14.8 Å². The number of halogens is 1. The fourth-order valence-electron chi connectivity index (χ4n) is 2.43. The van der Waals surface area contributed by atoms with E-state index in [-0.39, 0.29) is 30.6 Å². The lowest BCUT2D eigenvalue weighted by Gasteiger charge is -2.29. The first-order valence-corrected chi connectivity index (χ1v) is 9.44. The van der Waals surface area contributed by atoms with E-state index in [9.17, 15) is 17.6 Å². The molecule has 1 saturated carbocycles. The van der Waals surface area contributed by atoms with Crippen LogP contribution in [0, 0.1) is 5.82 Å². The fourth-order valence-corrected chi connectivity index (χ4v) is 2.78. The molecule has 1 N–H and O–H groups in total. The number of likely N-dealkylation sites (N-methyl/N-ethyl adjacent to an activating group) is 1. The molecule has 0 bridgehead atoms. The summed E-state index contributed by atoms with van der Waals surface area (Å²) in [5.41, 5.74) is 0. The van der Waals surface area contributed by atoms with Crippen molar-refractivity contribution in [2.45, 2.75) is 37.8 Å². The van der Waals surface area contributed by atoms with Crippen LogP contribution in [0.15, 0.2) is 12.4 Å². The van der Waals surface area contributed by atoms with E-state index in [1.807, 2.05) is 0 Å². The maximum absolute atomic E-state index is 12.7. The smallest absolute Gasteiger partial charge is 0.316 e. The van der Waals surface area contributed by atoms with Gasteiger partial charge in [-0.15, -0.1) is 0 Å². The van der Waals surface area contributed by atoms with Crippen LogP contribution in [0.3, 0.4) is 0 Å². The molecule has 134 valence electrons. The predicted molar refractivity (Wildman–Crippen MR) is 84.3 cm³/mol. The van der Waals surface area contributed by atoms with Gasteiger partial charge in [0, 0.05) is 13.1 Å². The van der Waals surface area contributed by atoms with Crippen molar-refractivity contribution in [2.24, 2.45) is 0 Å². The van der Waals surface area contributed by atoms with E-state index in [4.69, 9.17) is 4.74 Å². The largest absolute Gasteiger partial charge is 0.460 e. The summed E-state index contributed by atoms with van der Waals surface area (Å²) in [6.45, 7) is -0.196. The van der Waals surface area contributed by atoms with E-state index in [1.165, 1.54) is 7.05 Å². The molecule has 1 aliphatic rings. The molecule has 2 rings (SSSR count). The van der Waals surface area contributed by atoms with Gasteiger partial charge in [0.05, 0.1) is 25.2 Å². The van der Waals surface area contributed by atoms with Crippen LogP contribution in [0.25, 0.3) is 0 Å². The van der Waals surface area contributed by atoms with E-state index in [1.54, 1.807) is 0 Å². The van der Waals surface area contributed by atoms with Crippen LogP contribution in [0.2, 0.25) is 0 Å². The number of nitrogens with one attached hydrogen (secondary N) is 1. The van der Waals surface area contributed by atoms with Gasteiger partial charge in [-0.1, -0.05) is 0 Å². The zero-order valence-electron chi connectivity index (χ0n) is 13.6. The highest BCUT2D eigenvalue weighted by molar-refractivity contribution is 7.88. The minimum Gasteiger partial charge on any atom is -0.460 e. The van der Waals surface area contributed by atoms with E-state index in [0.29, 0.717) is 25.7 Å². The Morgan fingerprint density at radius 3 is 2.46 bits per heavy atom. The maximum atomic E-state index is 12.7. The molecule has 0 radical (unpaired) electrons. The van der Waals surface area contributed by atoms with E-state index >= 15 is 0 Å². The fraction of sp³-hybridized carbons (Fsp3) is 0.643. The molecule has 1 fully saturated rings. The van der Waals surface area contributed by atoms with Crippen molar-refractivity contribution >= 4 is 15.9 Å². The Kier molecular flexibility index (Phi) is 6.05. The summed E-state index contributed by atoms with van der Waals surface area (Å²) in [6.07, 6.45) is 5.89. The van der Waals surface area contributed by atoms with Gasteiger partial charge < -0.3 is 10.1 Å². The Balaban J connectivity index is 1.74. The Morgan fingerprint density at radius 2 is 1.92 bits per heavy atom. The minimum absolute atomic E-state index is 0.0144. The molecular formula is C14H21FN4O4S. The van der Waals surface area contributed by atoms with Gasteiger partial charge >= 0.3 is 6.01 Å². The molecule has 0 unspecified atom stereocenters. The van der Waals surface area contributed by atoms with Crippen LogP contribution in [0.4, 0.5) is 4.39 Å². The maximum Gasteiger partial charge on any atom is 0.316 e. The van der Waals surface area contributed by atoms with E-state index in [0.717, 1.165) is 23.0 Å². The number of carbonyl (C=O) groups is 1. The number of carbonyl (C=O) groups excluding carboxylic acids is 1. The second-order valence-electron chi connectivity index (χ2n) is 5.86. The first-order valence-electron chi connectivity index (χ1n) is 7.59. The zero-order valence-corrected chi connectivity index (χ0v) is 14.4. The van der Waals surface area contributed by atoms with Gasteiger partial charge in [0.15, 0.2) is 5.82 Å². The average Bonchev–Trinajstić information content (AvgIpc) is 2.50. The summed E-state index contributed by atoms with van der Waals surface area (Å²) in [6, 6.07) is 0.123. The van der Waals surface area contributed by atoms with Gasteiger partial charge in [-0.05, 0) is 25.7 Å². The van der Waals surface area contributed by atoms with Crippen LogP contribution in [0.5, 0.6) is 6.01 Å². The summed E-state index contributed by atoms with van der Waals surface area (Å²) < 4.78 is 41.9. The highest BCUT2D eigenvalue weighted by atomic mass is 32.2. The summed E-state index contributed by atoms with van der Waals surface area (Å²) in [5.74, 6) is -0.845. The molecule has 1 aromatic heterocycles. The molecule has 0 spiro atoms. The first kappa shape index (κ1) is 18.5. The lowest BCUT2D eigenvalue weighted by Crippen LogP contribution is -2.44. The number of hydrogen-bond acceptors (Lipinski definition) is 6. The monoisotopic (exact) mass is 360 g/mol. The minimum atomic E-state index is -3.37. The third-order valence-corrected chi connectivity index (χ3v) is 5.10. The number of nitrogens with zero attached hydrogens (tertiary/aromatic N) is 3. The molecule has 8 nitrogen and oxygen atoms in total. The molecule has 24 heavy (non-hydrogen) atoms. The third-order valence-electron chi connectivity index (χ3n) is 3.84. The molecule has 1 aliphatic carbocycles. The van der Waals surface area contributed by atoms with Gasteiger partial charge in [0.25, 0.3) is 0 Å². The van der Waals surface area contributed by atoms with E-state index in [2.05, 4.69) is 15.3 Å². The van der Waals surface area contributed by atoms with Crippen molar-refractivity contribution < 1.29 is 22.3 Å². The van der Waals surface area contributed by atoms with Crippen molar-refractivity contribution in [3.63, 3.8) is 0 Å². The Labute approximate surface area is 140 Å². The standard InChI is InChI=1S/C14H21FN4O4S/c1-19(24(2,21)22)9-13(20)18-11-3-5-12(6-4-11)23-14-16-7-10(15)8-17-14/h7-8,11-12H,3-6,9H2,1-2H3,(H,18,20). The summed E-state index contributed by atoms with van der Waals surface area (Å²) >= 11 is 0. The quantitative estimate of drug-likeness (QED) is 0.784. The molecule has 10 heteroatoms. The SMILES string of the molecule is CN(CC(=O)NC1CCC(Oc2ncc(F)cn2)CC1)S(C)(=O)=O. The van der Waals surface area contributed by atoms with Crippen molar-refractivity contribution in [2.75, 3.05) is 19.8 Å². The van der Waals surface area contributed by atoms with Gasteiger partial charge in [-0.25, -0.2) is 22.8 Å². The number of rotatable bonds is 6. The lowest BCUT2D eigenvalue weighted by molar-refractivity contribution is -0.122. The molecule has 0 aromatic carbocycles. The molecule has 1 amide bonds. The van der Waals surface area contributed by atoms with Crippen molar-refractivity contribution in [1.29, 1.82) is 0 Å². The number of ether oxygens (including phenoxy) is 1. The lowest BCUT2D eigenvalue weighted by atomic mass is 9.93. The second kappa shape index (κ2) is 7.84. The number of sulfonamides is 1. The number of amides is 1. The van der Waals surface area contributed by atoms with Crippen molar-refractivity contribution in [3.8, 4) is 6.01 Å². The Morgan fingerprint density at radius 1 is 1.33 bits per heavy atom. The van der Waals surface area contributed by atoms with Crippen LogP contribution >= 0.6 is 0 Å². The van der Waals surface area contributed by atoms with Crippen LogP contribution in [-0.4, -0.2) is 60.6 Å². The summed E-state index contributed by atoms with van der Waals surface area (Å²) in [7, 11) is -2.01. The molecule has 0 saturated heterocycles. The van der Waals surface area contributed by atoms with Crippen molar-refractivity contribution in [1.82, 2.24) is 19.6 Å². The Bertz CT molecular complexity index is 660. The Hall–Kier alpha value is -1.81. The van der Waals surface area contributed by atoms with Crippen molar-refractivity contribution in [3.05, 3.63) is 18.2 Å². The normalized spacial score (nSPS) is 21.5. The van der Waals surface area contributed by atoms with E-state index < -0.39 is 15.8 Å². The molecule has 0 aliphatic heterocycles. The average molecular weight is 360 g/mol. The zero-order chi connectivity index (χ0) is 17.7. The topological polar surface area (TPSA) is 101 Å². The highest BCUT2D eigenvalue weighted by Crippen LogP contribution is 2.22. The van der Waals surface area contributed by atoms with Crippen LogP contribution in [0.1, 0.15) is 25.7 Å². The summed E-state index contributed by atoms with van der Waals surface area (Å²) in [4.78, 5) is 19.4. The summed E-state index contributed by atoms with van der Waals surface area (Å²) in [5, 5.41) is 2.83. The second-order valence-corrected chi connectivity index (χ2v) is 7.95. The van der Waals surface area contributed by atoms with Gasteiger partial charge in [-0.3, -0.25) is 4.79 Å². The van der Waals surface area contributed by atoms with Gasteiger partial charge in [-0.2, -0.15) is 4.31 Å². The highest BCUT2D eigenvalue weighted by Gasteiger charge is 2.25. The third kappa shape index (κ3) is 5.68. The van der Waals surface area contributed by atoms with Gasteiger partial charge in [0.2, 0.25) is 15.9 Å². The first-order chi connectivity index (χ1) is 11.2. The van der Waals surface area contributed by atoms with Crippen LogP contribution < -0.4 is 10.1 Å². The molecule has 1 heterocycles. The van der Waals surface area contributed by atoms with Gasteiger partial charge in [0.1, 0.15) is 6.10 Å². The molecule has 0 atom stereocenters. The molecule has 1 aromatic rings. The number of hydrogen-bond donors (Lipinski definition) is 1. The predicted octanol–water partition coefficient (Wildman–Crippen LogP) is 0.313. The molecular weight excluding hydrogens is 339 g/mol. The number of aromatic nitrogens is 2.